The summed E-state index contributed by atoms with van der Waals surface area (Å²) in [6.07, 6.45) is 0.596. The van der Waals surface area contributed by atoms with E-state index in [1.165, 1.54) is 11.3 Å². The third-order valence-corrected chi connectivity index (χ3v) is 3.57. The van der Waals surface area contributed by atoms with E-state index in [0.29, 0.717) is 23.3 Å². The first-order valence-corrected chi connectivity index (χ1v) is 6.66. The summed E-state index contributed by atoms with van der Waals surface area (Å²) in [5.74, 6) is 0.954. The number of anilines is 1. The zero-order valence-corrected chi connectivity index (χ0v) is 11.3. The van der Waals surface area contributed by atoms with Gasteiger partial charge in [0.05, 0.1) is 5.69 Å². The van der Waals surface area contributed by atoms with Crippen LogP contribution in [0.5, 0.6) is 0 Å². The van der Waals surface area contributed by atoms with Crippen LogP contribution in [0, 0.1) is 6.92 Å². The molecule has 0 radical (unpaired) electrons. The van der Waals surface area contributed by atoms with Crippen molar-refractivity contribution in [3.63, 3.8) is 0 Å². The highest BCUT2D eigenvalue weighted by atomic mass is 32.1. The molecule has 1 aromatic carbocycles. The van der Waals surface area contributed by atoms with Crippen LogP contribution in [-0.2, 0) is 4.79 Å². The summed E-state index contributed by atoms with van der Waals surface area (Å²) >= 11 is 1.31. The summed E-state index contributed by atoms with van der Waals surface area (Å²) in [5, 5.41) is 6.97. The Balaban J connectivity index is 2.14. The molecule has 0 atom stereocenters. The molecule has 3 rings (SSSR count). The minimum atomic E-state index is 0.470. The Hall–Kier alpha value is -2.54. The molecule has 3 aromatic rings. The maximum absolute atomic E-state index is 10.6. The highest BCUT2D eigenvalue weighted by molar-refractivity contribution is 7.19. The van der Waals surface area contributed by atoms with Gasteiger partial charge in [0.15, 0.2) is 5.13 Å². The predicted octanol–water partition coefficient (Wildman–Crippen LogP) is 2.74. The SMILES string of the molecule is Cc1nc(-c2sc(NC=O)nc2-c2ccccc2)no1. The Morgan fingerprint density at radius 3 is 2.70 bits per heavy atom. The van der Waals surface area contributed by atoms with E-state index in [9.17, 15) is 4.79 Å². The number of thiazole rings is 1. The maximum atomic E-state index is 10.6. The fraction of sp³-hybridized carbons (Fsp3) is 0.0769. The number of nitrogens with zero attached hydrogens (tertiary/aromatic N) is 3. The number of hydrogen-bond donors (Lipinski definition) is 1. The summed E-state index contributed by atoms with van der Waals surface area (Å²) in [6, 6.07) is 9.66. The van der Waals surface area contributed by atoms with Gasteiger partial charge in [-0.05, 0) is 0 Å². The summed E-state index contributed by atoms with van der Waals surface area (Å²) in [7, 11) is 0. The van der Waals surface area contributed by atoms with E-state index in [0.717, 1.165) is 16.1 Å². The van der Waals surface area contributed by atoms with Crippen molar-refractivity contribution in [2.75, 3.05) is 5.32 Å². The minimum absolute atomic E-state index is 0.470. The Morgan fingerprint density at radius 1 is 1.25 bits per heavy atom. The zero-order chi connectivity index (χ0) is 13.9. The van der Waals surface area contributed by atoms with Gasteiger partial charge in [-0.1, -0.05) is 46.8 Å². The van der Waals surface area contributed by atoms with Crippen LogP contribution in [0.3, 0.4) is 0 Å². The minimum Gasteiger partial charge on any atom is -0.339 e. The summed E-state index contributed by atoms with van der Waals surface area (Å²) in [4.78, 5) is 20.0. The largest absolute Gasteiger partial charge is 0.339 e. The van der Waals surface area contributed by atoms with Crippen molar-refractivity contribution in [1.29, 1.82) is 0 Å². The van der Waals surface area contributed by atoms with Gasteiger partial charge >= 0.3 is 0 Å². The molecular weight excluding hydrogens is 276 g/mol. The number of hydrogen-bond acceptors (Lipinski definition) is 6. The first-order chi connectivity index (χ1) is 9.78. The number of nitrogens with one attached hydrogen (secondary N) is 1. The lowest BCUT2D eigenvalue weighted by atomic mass is 10.1. The molecule has 1 N–H and O–H groups in total. The van der Waals surface area contributed by atoms with Gasteiger partial charge < -0.3 is 9.84 Å². The average molecular weight is 286 g/mol. The standard InChI is InChI=1S/C13H10N4O2S/c1-8-15-12(17-19-8)11-10(9-5-3-2-4-6-9)16-13(20-11)14-7-18/h2-7H,1H3,(H,14,16,18). The molecule has 2 aromatic heterocycles. The predicted molar refractivity (Wildman–Crippen MR) is 75.3 cm³/mol. The first kappa shape index (κ1) is 12.5. The fourth-order valence-corrected chi connectivity index (χ4v) is 2.64. The van der Waals surface area contributed by atoms with E-state index in [2.05, 4.69) is 20.4 Å². The molecular formula is C13H10N4O2S. The van der Waals surface area contributed by atoms with Gasteiger partial charge in [0.25, 0.3) is 0 Å². The van der Waals surface area contributed by atoms with E-state index in [-0.39, 0.29) is 0 Å². The van der Waals surface area contributed by atoms with Gasteiger partial charge in [0.2, 0.25) is 18.1 Å². The van der Waals surface area contributed by atoms with Crippen molar-refractivity contribution in [2.45, 2.75) is 6.92 Å². The second-order valence-corrected chi connectivity index (χ2v) is 4.96. The van der Waals surface area contributed by atoms with Crippen molar-refractivity contribution < 1.29 is 9.32 Å². The third-order valence-electron chi connectivity index (χ3n) is 2.59. The van der Waals surface area contributed by atoms with Crippen molar-refractivity contribution in [3.8, 4) is 22.0 Å². The fourth-order valence-electron chi connectivity index (χ4n) is 1.77. The molecule has 6 nitrogen and oxygen atoms in total. The van der Waals surface area contributed by atoms with E-state index in [4.69, 9.17) is 4.52 Å². The highest BCUT2D eigenvalue weighted by Gasteiger charge is 2.18. The molecule has 0 fully saturated rings. The molecule has 7 heteroatoms. The van der Waals surface area contributed by atoms with Crippen LogP contribution in [0.4, 0.5) is 5.13 Å². The van der Waals surface area contributed by atoms with Crippen molar-refractivity contribution in [1.82, 2.24) is 15.1 Å². The Bertz CT molecular complexity index is 736. The van der Waals surface area contributed by atoms with E-state index >= 15 is 0 Å². The van der Waals surface area contributed by atoms with E-state index in [1.54, 1.807) is 6.92 Å². The van der Waals surface area contributed by atoms with Crippen LogP contribution < -0.4 is 5.32 Å². The van der Waals surface area contributed by atoms with Crippen molar-refractivity contribution in [3.05, 3.63) is 36.2 Å². The average Bonchev–Trinajstić information content (AvgIpc) is 3.06. The molecule has 2 heterocycles. The van der Waals surface area contributed by atoms with Gasteiger partial charge in [0, 0.05) is 12.5 Å². The van der Waals surface area contributed by atoms with Crippen LogP contribution in [-0.4, -0.2) is 21.5 Å². The normalized spacial score (nSPS) is 10.4. The molecule has 20 heavy (non-hydrogen) atoms. The van der Waals surface area contributed by atoms with Crippen molar-refractivity contribution in [2.24, 2.45) is 0 Å². The summed E-state index contributed by atoms with van der Waals surface area (Å²) in [5.41, 5.74) is 1.65. The Labute approximate surface area is 118 Å². The van der Waals surface area contributed by atoms with Gasteiger partial charge in [-0.25, -0.2) is 4.98 Å². The highest BCUT2D eigenvalue weighted by Crippen LogP contribution is 2.37. The second kappa shape index (κ2) is 5.22. The molecule has 0 bridgehead atoms. The van der Waals surface area contributed by atoms with Crippen LogP contribution >= 0.6 is 11.3 Å². The van der Waals surface area contributed by atoms with Gasteiger partial charge in [-0.2, -0.15) is 4.98 Å². The summed E-state index contributed by atoms with van der Waals surface area (Å²) < 4.78 is 5.01. The molecule has 0 saturated carbocycles. The lowest BCUT2D eigenvalue weighted by Gasteiger charge is -1.97. The first-order valence-electron chi connectivity index (χ1n) is 5.85. The Kier molecular flexibility index (Phi) is 3.26. The molecule has 1 amide bonds. The smallest absolute Gasteiger partial charge is 0.223 e. The van der Waals surface area contributed by atoms with Crippen LogP contribution in [0.2, 0.25) is 0 Å². The lowest BCUT2D eigenvalue weighted by Crippen LogP contribution is -1.92. The number of benzene rings is 1. The summed E-state index contributed by atoms with van der Waals surface area (Å²) in [6.45, 7) is 1.73. The molecule has 0 spiro atoms. The number of carbonyl (C=O) groups excluding carboxylic acids is 1. The zero-order valence-electron chi connectivity index (χ0n) is 10.5. The quantitative estimate of drug-likeness (QED) is 0.746. The lowest BCUT2D eigenvalue weighted by molar-refractivity contribution is -0.105. The van der Waals surface area contributed by atoms with Crippen LogP contribution in [0.25, 0.3) is 22.0 Å². The third kappa shape index (κ3) is 2.30. The number of aryl methyl sites for hydroxylation is 1. The number of amides is 1. The van der Waals surface area contributed by atoms with Gasteiger partial charge in [-0.15, -0.1) is 0 Å². The monoisotopic (exact) mass is 286 g/mol. The van der Waals surface area contributed by atoms with Crippen molar-refractivity contribution >= 4 is 22.9 Å². The van der Waals surface area contributed by atoms with E-state index in [1.807, 2.05) is 30.3 Å². The van der Waals surface area contributed by atoms with Crippen LogP contribution in [0.1, 0.15) is 5.89 Å². The Morgan fingerprint density at radius 2 is 2.05 bits per heavy atom. The van der Waals surface area contributed by atoms with Gasteiger partial charge in [0.1, 0.15) is 4.88 Å². The molecule has 0 aliphatic rings. The van der Waals surface area contributed by atoms with E-state index < -0.39 is 0 Å². The molecule has 100 valence electrons. The topological polar surface area (TPSA) is 80.9 Å². The molecule has 0 saturated heterocycles. The second-order valence-electron chi connectivity index (χ2n) is 3.96. The molecule has 0 unspecified atom stereocenters. The van der Waals surface area contributed by atoms with Crippen LogP contribution in [0.15, 0.2) is 34.9 Å². The van der Waals surface area contributed by atoms with Gasteiger partial charge in [-0.3, -0.25) is 4.79 Å². The number of aromatic nitrogens is 3. The number of carbonyl (C=O) groups is 1. The maximum Gasteiger partial charge on any atom is 0.223 e. The number of rotatable bonds is 4. The molecule has 0 aliphatic carbocycles. The molecule has 0 aliphatic heterocycles.